The molecule has 1 aromatic rings. The molecule has 4 nitrogen and oxygen atoms in total. The second-order valence-electron chi connectivity index (χ2n) is 6.72. The molecule has 0 amide bonds. The Bertz CT molecular complexity index is 564. The van der Waals surface area contributed by atoms with Gasteiger partial charge in [-0.3, -0.25) is 4.79 Å². The van der Waals surface area contributed by atoms with E-state index < -0.39 is 7.12 Å². The van der Waals surface area contributed by atoms with E-state index in [0.29, 0.717) is 24.3 Å². The van der Waals surface area contributed by atoms with Crippen LogP contribution in [0.25, 0.3) is 0 Å². The first-order valence-electron chi connectivity index (χ1n) is 7.46. The summed E-state index contributed by atoms with van der Waals surface area (Å²) >= 11 is 0. The maximum absolute atomic E-state index is 12.2. The molecule has 5 heteroatoms. The number of fused-ring (bicyclic) bond motifs is 1. The van der Waals surface area contributed by atoms with E-state index >= 15 is 0 Å². The molecule has 0 aromatic heterocycles. The number of carbonyl (C=O) groups excluding carboxylic acids is 1. The molecule has 0 unspecified atom stereocenters. The standard InChI is InChI=1S/C16H21BO4/c1-15(2)16(3,4)21-17(20-15)11-7-8-14-12(10-11)13(18)6-5-9-19-14/h7-8,10H,5-6,9H2,1-4H3. The molecule has 21 heavy (non-hydrogen) atoms. The van der Waals surface area contributed by atoms with Crippen LogP contribution in [0.2, 0.25) is 0 Å². The summed E-state index contributed by atoms with van der Waals surface area (Å²) in [6.07, 6.45) is 1.29. The Labute approximate surface area is 125 Å². The van der Waals surface area contributed by atoms with Gasteiger partial charge in [0.05, 0.1) is 23.4 Å². The molecule has 0 aliphatic carbocycles. The van der Waals surface area contributed by atoms with Crippen LogP contribution in [0.3, 0.4) is 0 Å². The highest BCUT2D eigenvalue weighted by Crippen LogP contribution is 2.36. The molecule has 3 rings (SSSR count). The van der Waals surface area contributed by atoms with Crippen LogP contribution < -0.4 is 10.2 Å². The van der Waals surface area contributed by atoms with Gasteiger partial charge in [-0.2, -0.15) is 0 Å². The summed E-state index contributed by atoms with van der Waals surface area (Å²) < 4.78 is 17.7. The monoisotopic (exact) mass is 288 g/mol. The first-order chi connectivity index (χ1) is 9.80. The predicted octanol–water partition coefficient (Wildman–Crippen LogP) is 2.34. The van der Waals surface area contributed by atoms with Gasteiger partial charge in [0, 0.05) is 6.42 Å². The van der Waals surface area contributed by atoms with E-state index in [-0.39, 0.29) is 17.0 Å². The zero-order valence-corrected chi connectivity index (χ0v) is 13.1. The molecule has 2 heterocycles. The van der Waals surface area contributed by atoms with Crippen LogP contribution in [0, 0.1) is 0 Å². The second kappa shape index (κ2) is 4.85. The van der Waals surface area contributed by atoms with Gasteiger partial charge in [0.25, 0.3) is 0 Å². The maximum Gasteiger partial charge on any atom is 0.494 e. The van der Waals surface area contributed by atoms with E-state index in [9.17, 15) is 4.79 Å². The Morgan fingerprint density at radius 3 is 2.43 bits per heavy atom. The number of hydrogen-bond acceptors (Lipinski definition) is 4. The number of hydrogen-bond donors (Lipinski definition) is 0. The van der Waals surface area contributed by atoms with E-state index in [0.717, 1.165) is 11.9 Å². The Morgan fingerprint density at radius 1 is 1.10 bits per heavy atom. The molecule has 2 aliphatic heterocycles. The van der Waals surface area contributed by atoms with Crippen molar-refractivity contribution in [3.63, 3.8) is 0 Å². The second-order valence-corrected chi connectivity index (χ2v) is 6.72. The predicted molar refractivity (Wildman–Crippen MR) is 81.2 cm³/mol. The van der Waals surface area contributed by atoms with Gasteiger partial charge in [0.2, 0.25) is 0 Å². The van der Waals surface area contributed by atoms with Crippen LogP contribution in [0.5, 0.6) is 5.75 Å². The third kappa shape index (κ3) is 2.49. The molecule has 1 saturated heterocycles. The molecule has 112 valence electrons. The summed E-state index contributed by atoms with van der Waals surface area (Å²) in [5, 5.41) is 0. The van der Waals surface area contributed by atoms with Crippen molar-refractivity contribution in [3.8, 4) is 5.75 Å². The van der Waals surface area contributed by atoms with Gasteiger partial charge in [-0.25, -0.2) is 0 Å². The summed E-state index contributed by atoms with van der Waals surface area (Å²) in [4.78, 5) is 12.2. The van der Waals surface area contributed by atoms with Crippen LogP contribution in [0.15, 0.2) is 18.2 Å². The van der Waals surface area contributed by atoms with Crippen molar-refractivity contribution in [2.24, 2.45) is 0 Å². The summed E-state index contributed by atoms with van der Waals surface area (Å²) in [6, 6.07) is 5.61. The van der Waals surface area contributed by atoms with Crippen molar-refractivity contribution in [1.29, 1.82) is 0 Å². The van der Waals surface area contributed by atoms with Gasteiger partial charge in [-0.1, -0.05) is 6.07 Å². The Morgan fingerprint density at radius 2 is 1.76 bits per heavy atom. The summed E-state index contributed by atoms with van der Waals surface area (Å²) in [7, 11) is -0.448. The smallest absolute Gasteiger partial charge is 0.493 e. The average Bonchev–Trinajstić information content (AvgIpc) is 2.55. The largest absolute Gasteiger partial charge is 0.494 e. The third-order valence-corrected chi connectivity index (χ3v) is 4.64. The van der Waals surface area contributed by atoms with E-state index in [1.807, 2.05) is 45.9 Å². The van der Waals surface area contributed by atoms with Crippen molar-refractivity contribution in [2.45, 2.75) is 51.7 Å². The fourth-order valence-corrected chi connectivity index (χ4v) is 2.57. The van der Waals surface area contributed by atoms with Crippen LogP contribution >= 0.6 is 0 Å². The summed E-state index contributed by atoms with van der Waals surface area (Å²) in [5.74, 6) is 0.790. The highest BCUT2D eigenvalue weighted by atomic mass is 16.7. The van der Waals surface area contributed by atoms with Crippen molar-refractivity contribution in [1.82, 2.24) is 0 Å². The Kier molecular flexibility index (Phi) is 3.37. The molecular formula is C16H21BO4. The Balaban J connectivity index is 1.93. The summed E-state index contributed by atoms with van der Waals surface area (Å²) in [5.41, 5.74) is 0.738. The van der Waals surface area contributed by atoms with Gasteiger partial charge in [0.1, 0.15) is 5.75 Å². The lowest BCUT2D eigenvalue weighted by molar-refractivity contribution is 0.00578. The molecule has 0 saturated carbocycles. The van der Waals surface area contributed by atoms with Gasteiger partial charge in [-0.15, -0.1) is 0 Å². The van der Waals surface area contributed by atoms with Crippen LogP contribution in [0.1, 0.15) is 50.9 Å². The minimum absolute atomic E-state index is 0.126. The normalized spacial score (nSPS) is 23.4. The van der Waals surface area contributed by atoms with Crippen LogP contribution in [0.4, 0.5) is 0 Å². The van der Waals surface area contributed by atoms with Crippen molar-refractivity contribution < 1.29 is 18.8 Å². The number of Topliss-reactive ketones (excluding diaryl/α,β-unsaturated/α-hetero) is 1. The molecule has 0 bridgehead atoms. The lowest BCUT2D eigenvalue weighted by Gasteiger charge is -2.32. The third-order valence-electron chi connectivity index (χ3n) is 4.64. The average molecular weight is 288 g/mol. The highest BCUT2D eigenvalue weighted by molar-refractivity contribution is 6.62. The molecular weight excluding hydrogens is 267 g/mol. The first-order valence-corrected chi connectivity index (χ1v) is 7.46. The summed E-state index contributed by atoms with van der Waals surface area (Å²) in [6.45, 7) is 8.67. The zero-order valence-electron chi connectivity index (χ0n) is 13.1. The van der Waals surface area contributed by atoms with E-state index in [1.54, 1.807) is 0 Å². The molecule has 0 radical (unpaired) electrons. The molecule has 0 atom stereocenters. The van der Waals surface area contributed by atoms with Crippen molar-refractivity contribution in [2.75, 3.05) is 6.61 Å². The molecule has 0 N–H and O–H groups in total. The number of carbonyl (C=O) groups is 1. The quantitative estimate of drug-likeness (QED) is 0.744. The molecule has 1 fully saturated rings. The van der Waals surface area contributed by atoms with Crippen LogP contribution in [-0.2, 0) is 9.31 Å². The van der Waals surface area contributed by atoms with Gasteiger partial charge < -0.3 is 14.0 Å². The van der Waals surface area contributed by atoms with E-state index in [2.05, 4.69) is 0 Å². The number of ketones is 1. The zero-order chi connectivity index (χ0) is 15.3. The van der Waals surface area contributed by atoms with E-state index in [1.165, 1.54) is 0 Å². The molecule has 1 aromatic carbocycles. The number of benzene rings is 1. The molecule has 0 spiro atoms. The molecule has 2 aliphatic rings. The fraction of sp³-hybridized carbons (Fsp3) is 0.562. The van der Waals surface area contributed by atoms with Crippen LogP contribution in [-0.4, -0.2) is 30.7 Å². The number of ether oxygens (including phenoxy) is 1. The van der Waals surface area contributed by atoms with Gasteiger partial charge >= 0.3 is 7.12 Å². The Hall–Kier alpha value is -1.33. The van der Waals surface area contributed by atoms with Crippen molar-refractivity contribution >= 4 is 18.4 Å². The minimum Gasteiger partial charge on any atom is -0.493 e. The van der Waals surface area contributed by atoms with E-state index in [4.69, 9.17) is 14.0 Å². The fourth-order valence-electron chi connectivity index (χ4n) is 2.57. The lowest BCUT2D eigenvalue weighted by Crippen LogP contribution is -2.41. The van der Waals surface area contributed by atoms with Gasteiger partial charge in [0.15, 0.2) is 5.78 Å². The number of rotatable bonds is 1. The highest BCUT2D eigenvalue weighted by Gasteiger charge is 2.51. The lowest BCUT2D eigenvalue weighted by atomic mass is 9.78. The van der Waals surface area contributed by atoms with Crippen molar-refractivity contribution in [3.05, 3.63) is 23.8 Å². The minimum atomic E-state index is -0.448. The maximum atomic E-state index is 12.2. The topological polar surface area (TPSA) is 44.8 Å². The SMILES string of the molecule is CC1(C)OB(c2ccc3c(c2)C(=O)CCCO3)OC1(C)C. The van der Waals surface area contributed by atoms with Gasteiger partial charge in [-0.05, 0) is 51.7 Å². The first kappa shape index (κ1) is 14.6.